The fourth-order valence-electron chi connectivity index (χ4n) is 0.882. The molecule has 14 heavy (non-hydrogen) atoms. The molecule has 0 aliphatic rings. The summed E-state index contributed by atoms with van der Waals surface area (Å²) in [5, 5.41) is 8.73. The van der Waals surface area contributed by atoms with Crippen LogP contribution in [0.25, 0.3) is 0 Å². The Morgan fingerprint density at radius 1 is 1.36 bits per heavy atom. The molecule has 0 saturated carbocycles. The number of hydrogen-bond acceptors (Lipinski definition) is 3. The lowest BCUT2D eigenvalue weighted by Crippen LogP contribution is -2.11. The molecule has 1 aromatic carbocycles. The van der Waals surface area contributed by atoms with Crippen molar-refractivity contribution < 1.29 is 19.4 Å². The first-order valence-corrected chi connectivity index (χ1v) is 4.27. The van der Waals surface area contributed by atoms with Crippen molar-refractivity contribution in [3.63, 3.8) is 0 Å². The van der Waals surface area contributed by atoms with Gasteiger partial charge in [0.05, 0.1) is 0 Å². The van der Waals surface area contributed by atoms with E-state index in [1.165, 1.54) is 12.1 Å². The number of benzene rings is 1. The number of alkyl halides is 1. The Bertz CT molecular complexity index is 362. The molecule has 74 valence electrons. The molecule has 0 unspecified atom stereocenters. The topological polar surface area (TPSA) is 63.6 Å². The summed E-state index contributed by atoms with van der Waals surface area (Å²) >= 11 is 5.21. The number of esters is 1. The minimum atomic E-state index is -1.15. The Labute approximate surface area is 85.1 Å². The number of carbonyl (C=O) groups excluding carboxylic acids is 1. The molecule has 1 aromatic rings. The van der Waals surface area contributed by atoms with E-state index >= 15 is 0 Å². The zero-order chi connectivity index (χ0) is 10.6. The van der Waals surface area contributed by atoms with E-state index in [-0.39, 0.29) is 17.2 Å². The van der Waals surface area contributed by atoms with Gasteiger partial charge in [0.2, 0.25) is 0 Å². The van der Waals surface area contributed by atoms with Crippen LogP contribution in [0.4, 0.5) is 0 Å². The highest BCUT2D eigenvalue weighted by molar-refractivity contribution is 6.26. The van der Waals surface area contributed by atoms with Crippen LogP contribution in [0.5, 0.6) is 5.75 Å². The van der Waals surface area contributed by atoms with E-state index in [0.717, 1.165) is 0 Å². The molecule has 0 atom stereocenters. The van der Waals surface area contributed by atoms with Gasteiger partial charge < -0.3 is 9.84 Å². The second kappa shape index (κ2) is 4.62. The quantitative estimate of drug-likeness (QED) is 0.471. The summed E-state index contributed by atoms with van der Waals surface area (Å²) in [4.78, 5) is 21.5. The molecule has 0 bridgehead atoms. The van der Waals surface area contributed by atoms with Gasteiger partial charge in [-0.1, -0.05) is 12.1 Å². The molecular weight excluding hydrogens is 208 g/mol. The predicted molar refractivity (Wildman–Crippen MR) is 49.8 cm³/mol. The smallest absolute Gasteiger partial charge is 0.339 e. The molecule has 0 spiro atoms. The minimum absolute atomic E-state index is 0.00523. The van der Waals surface area contributed by atoms with Crippen LogP contribution in [0.1, 0.15) is 10.4 Å². The van der Waals surface area contributed by atoms with Crippen LogP contribution >= 0.6 is 11.6 Å². The minimum Gasteiger partial charge on any atom is -0.478 e. The Kier molecular flexibility index (Phi) is 3.48. The number of hydrogen-bond donors (Lipinski definition) is 1. The standard InChI is InChI=1S/C9H7ClO4/c10-5-8(11)14-7-4-2-1-3-6(7)9(12)13/h1-4H,5H2,(H,12,13). The van der Waals surface area contributed by atoms with Gasteiger partial charge in [-0.05, 0) is 12.1 Å². The van der Waals surface area contributed by atoms with E-state index in [0.29, 0.717) is 0 Å². The maximum absolute atomic E-state index is 10.8. The first-order chi connectivity index (χ1) is 6.65. The maximum Gasteiger partial charge on any atom is 0.339 e. The number of rotatable bonds is 3. The summed E-state index contributed by atoms with van der Waals surface area (Å²) in [5.41, 5.74) is -0.0639. The van der Waals surface area contributed by atoms with Crippen LogP contribution in [0.3, 0.4) is 0 Å². The van der Waals surface area contributed by atoms with E-state index < -0.39 is 11.9 Å². The van der Waals surface area contributed by atoms with Gasteiger partial charge in [-0.25, -0.2) is 4.79 Å². The van der Waals surface area contributed by atoms with E-state index in [9.17, 15) is 9.59 Å². The normalized spacial score (nSPS) is 9.50. The third-order valence-corrected chi connectivity index (χ3v) is 1.67. The largest absolute Gasteiger partial charge is 0.478 e. The molecule has 0 heterocycles. The fourth-order valence-corrected chi connectivity index (χ4v) is 0.937. The number of carboxylic acids is 1. The molecule has 1 rings (SSSR count). The third-order valence-electron chi connectivity index (χ3n) is 1.45. The van der Waals surface area contributed by atoms with E-state index in [1.807, 2.05) is 0 Å². The average Bonchev–Trinajstić information content (AvgIpc) is 2.18. The summed E-state index contributed by atoms with van der Waals surface area (Å²) in [6.45, 7) is 0. The second-order valence-electron chi connectivity index (χ2n) is 2.41. The number of halogens is 1. The summed E-state index contributed by atoms with van der Waals surface area (Å²) in [5.74, 6) is -2.14. The van der Waals surface area contributed by atoms with Gasteiger partial charge >= 0.3 is 11.9 Å². The Morgan fingerprint density at radius 3 is 2.57 bits per heavy atom. The number of carbonyl (C=O) groups is 2. The van der Waals surface area contributed by atoms with Crippen molar-refractivity contribution >= 4 is 23.5 Å². The van der Waals surface area contributed by atoms with E-state index in [1.54, 1.807) is 12.1 Å². The first kappa shape index (κ1) is 10.5. The van der Waals surface area contributed by atoms with Crippen LogP contribution in [0, 0.1) is 0 Å². The van der Waals surface area contributed by atoms with Crippen molar-refractivity contribution in [1.82, 2.24) is 0 Å². The summed E-state index contributed by atoms with van der Waals surface area (Å²) in [6.07, 6.45) is 0. The lowest BCUT2D eigenvalue weighted by molar-refractivity contribution is -0.131. The van der Waals surface area contributed by atoms with Gasteiger partial charge in [0.25, 0.3) is 0 Å². The Morgan fingerprint density at radius 2 is 2.00 bits per heavy atom. The van der Waals surface area contributed by atoms with Crippen LogP contribution in [-0.4, -0.2) is 22.9 Å². The van der Waals surface area contributed by atoms with E-state index in [2.05, 4.69) is 0 Å². The van der Waals surface area contributed by atoms with Crippen molar-refractivity contribution in [2.24, 2.45) is 0 Å². The fraction of sp³-hybridized carbons (Fsp3) is 0.111. The van der Waals surface area contributed by atoms with Crippen molar-refractivity contribution in [2.45, 2.75) is 0 Å². The lowest BCUT2D eigenvalue weighted by atomic mass is 10.2. The second-order valence-corrected chi connectivity index (χ2v) is 2.68. The number of para-hydroxylation sites is 1. The molecule has 1 N–H and O–H groups in total. The maximum atomic E-state index is 10.8. The van der Waals surface area contributed by atoms with Gasteiger partial charge in [-0.2, -0.15) is 0 Å². The van der Waals surface area contributed by atoms with Gasteiger partial charge in [0, 0.05) is 0 Å². The zero-order valence-electron chi connectivity index (χ0n) is 7.07. The Balaban J connectivity index is 2.95. The number of ether oxygens (including phenoxy) is 1. The monoisotopic (exact) mass is 214 g/mol. The molecule has 0 aromatic heterocycles. The summed E-state index contributed by atoms with van der Waals surface area (Å²) < 4.78 is 4.70. The van der Waals surface area contributed by atoms with E-state index in [4.69, 9.17) is 21.4 Å². The predicted octanol–water partition coefficient (Wildman–Crippen LogP) is 1.53. The third kappa shape index (κ3) is 2.47. The molecule has 4 nitrogen and oxygen atoms in total. The highest BCUT2D eigenvalue weighted by atomic mass is 35.5. The van der Waals surface area contributed by atoms with Crippen LogP contribution < -0.4 is 4.74 Å². The SMILES string of the molecule is O=C(CCl)Oc1ccccc1C(=O)O. The van der Waals surface area contributed by atoms with Crippen molar-refractivity contribution in [2.75, 3.05) is 5.88 Å². The molecule has 0 amide bonds. The van der Waals surface area contributed by atoms with Crippen LogP contribution in [0.2, 0.25) is 0 Å². The molecule has 0 aliphatic carbocycles. The van der Waals surface area contributed by atoms with Crippen LogP contribution in [0.15, 0.2) is 24.3 Å². The molecule has 0 radical (unpaired) electrons. The van der Waals surface area contributed by atoms with Crippen molar-refractivity contribution in [3.05, 3.63) is 29.8 Å². The van der Waals surface area contributed by atoms with Crippen molar-refractivity contribution in [1.29, 1.82) is 0 Å². The molecular formula is C9H7ClO4. The van der Waals surface area contributed by atoms with Gasteiger partial charge in [-0.15, -0.1) is 11.6 Å². The van der Waals surface area contributed by atoms with Crippen molar-refractivity contribution in [3.8, 4) is 5.75 Å². The van der Waals surface area contributed by atoms with Crippen LogP contribution in [-0.2, 0) is 4.79 Å². The summed E-state index contributed by atoms with van der Waals surface area (Å²) in [6, 6.07) is 5.86. The van der Waals surface area contributed by atoms with Gasteiger partial charge in [-0.3, -0.25) is 4.79 Å². The molecule has 5 heteroatoms. The highest BCUT2D eigenvalue weighted by Crippen LogP contribution is 2.17. The Hall–Kier alpha value is -1.55. The first-order valence-electron chi connectivity index (χ1n) is 3.74. The number of aromatic carboxylic acids is 1. The molecule has 0 aliphatic heterocycles. The average molecular weight is 215 g/mol. The molecule has 0 fully saturated rings. The molecule has 0 saturated heterocycles. The zero-order valence-corrected chi connectivity index (χ0v) is 7.82. The highest BCUT2D eigenvalue weighted by Gasteiger charge is 2.12. The summed E-state index contributed by atoms with van der Waals surface area (Å²) in [7, 11) is 0. The van der Waals surface area contributed by atoms with Gasteiger partial charge in [0.1, 0.15) is 17.2 Å². The van der Waals surface area contributed by atoms with Gasteiger partial charge in [0.15, 0.2) is 0 Å². The number of carboxylic acid groups (broad SMARTS) is 1. The lowest BCUT2D eigenvalue weighted by Gasteiger charge is -2.04.